The van der Waals surface area contributed by atoms with Crippen molar-refractivity contribution in [3.05, 3.63) is 76.6 Å². The molecule has 1 fully saturated rings. The lowest BCUT2D eigenvalue weighted by atomic mass is 9.97. The first-order chi connectivity index (χ1) is 21.6. The molecule has 0 spiro atoms. The van der Waals surface area contributed by atoms with E-state index in [4.69, 9.17) is 0 Å². The monoisotopic (exact) mass is 618 g/mol. The number of rotatable bonds is 8. The van der Waals surface area contributed by atoms with Gasteiger partial charge in [0.2, 0.25) is 0 Å². The number of fused-ring (bicyclic) bond motifs is 1. The number of carbonyl (C=O) groups is 1. The molecule has 0 bridgehead atoms. The Hall–Kier alpha value is -4.83. The van der Waals surface area contributed by atoms with Gasteiger partial charge in [0, 0.05) is 37.3 Å². The second kappa shape index (κ2) is 11.9. The van der Waals surface area contributed by atoms with Gasteiger partial charge >= 0.3 is 6.18 Å². The maximum absolute atomic E-state index is 14.3. The summed E-state index contributed by atoms with van der Waals surface area (Å²) in [6, 6.07) is 12.7. The maximum atomic E-state index is 14.3. The summed E-state index contributed by atoms with van der Waals surface area (Å²) in [5.74, 6) is 0.474. The van der Waals surface area contributed by atoms with Gasteiger partial charge in [-0.05, 0) is 84.8 Å². The zero-order valence-corrected chi connectivity index (χ0v) is 24.6. The van der Waals surface area contributed by atoms with Crippen molar-refractivity contribution in [3.8, 4) is 28.6 Å². The number of anilines is 2. The Morgan fingerprint density at radius 3 is 2.58 bits per heavy atom. The summed E-state index contributed by atoms with van der Waals surface area (Å²) >= 11 is 0. The van der Waals surface area contributed by atoms with Gasteiger partial charge in [0.05, 0.1) is 23.7 Å². The van der Waals surface area contributed by atoms with Gasteiger partial charge in [-0.1, -0.05) is 6.07 Å². The second-order valence-corrected chi connectivity index (χ2v) is 11.3. The van der Waals surface area contributed by atoms with Crippen molar-refractivity contribution in [2.75, 3.05) is 16.8 Å². The van der Waals surface area contributed by atoms with Crippen LogP contribution in [0.5, 0.6) is 0 Å². The van der Waals surface area contributed by atoms with Crippen LogP contribution in [-0.4, -0.2) is 44.4 Å². The van der Waals surface area contributed by atoms with Gasteiger partial charge in [-0.2, -0.15) is 18.4 Å². The largest absolute Gasteiger partial charge is 0.416 e. The van der Waals surface area contributed by atoms with Gasteiger partial charge < -0.3 is 15.2 Å². The molecule has 2 N–H and O–H groups in total. The van der Waals surface area contributed by atoms with E-state index in [9.17, 15) is 27.6 Å². The van der Waals surface area contributed by atoms with Gasteiger partial charge in [-0.25, -0.2) is 9.37 Å². The fraction of sp³-hybridized carbons (Fsp3) is 0.344. The lowest BCUT2D eigenvalue weighted by Gasteiger charge is -2.19. The van der Waals surface area contributed by atoms with Crippen LogP contribution in [0.3, 0.4) is 0 Å². The zero-order chi connectivity index (χ0) is 31.9. The van der Waals surface area contributed by atoms with Gasteiger partial charge in [-0.15, -0.1) is 10.2 Å². The highest BCUT2D eigenvalue weighted by atomic mass is 19.4. The number of benzene rings is 2. The van der Waals surface area contributed by atoms with Crippen molar-refractivity contribution < 1.29 is 22.4 Å². The first-order valence-corrected chi connectivity index (χ1v) is 14.6. The van der Waals surface area contributed by atoms with Crippen molar-refractivity contribution in [2.45, 2.75) is 57.7 Å². The molecule has 1 aliphatic heterocycles. The van der Waals surface area contributed by atoms with E-state index in [-0.39, 0.29) is 35.6 Å². The molecule has 1 saturated carbocycles. The smallest absolute Gasteiger partial charge is 0.370 e. The Labute approximate surface area is 256 Å². The highest BCUT2D eigenvalue weighted by Crippen LogP contribution is 2.41. The molecule has 232 valence electrons. The molecule has 0 radical (unpaired) electrons. The maximum Gasteiger partial charge on any atom is 0.416 e. The average molecular weight is 619 g/mol. The molecule has 0 unspecified atom stereocenters. The van der Waals surface area contributed by atoms with Crippen LogP contribution in [0.25, 0.3) is 22.5 Å². The third kappa shape index (κ3) is 5.85. The number of hydrogen-bond acceptors (Lipinski definition) is 7. The van der Waals surface area contributed by atoms with Crippen LogP contribution in [0.2, 0.25) is 0 Å². The number of aryl methyl sites for hydroxylation is 1. The minimum absolute atomic E-state index is 0.0105. The van der Waals surface area contributed by atoms with Crippen LogP contribution in [0.1, 0.15) is 58.8 Å². The Bertz CT molecular complexity index is 1810. The summed E-state index contributed by atoms with van der Waals surface area (Å²) in [5.41, 5.74) is 1.48. The van der Waals surface area contributed by atoms with Crippen molar-refractivity contribution in [3.63, 3.8) is 0 Å². The lowest BCUT2D eigenvalue weighted by molar-refractivity contribution is -0.138. The van der Waals surface area contributed by atoms with Crippen LogP contribution in [0.15, 0.2) is 48.8 Å². The third-order valence-corrected chi connectivity index (χ3v) is 8.27. The van der Waals surface area contributed by atoms with E-state index in [1.165, 1.54) is 17.3 Å². The van der Waals surface area contributed by atoms with E-state index in [0.29, 0.717) is 59.7 Å². The van der Waals surface area contributed by atoms with Gasteiger partial charge in [-0.3, -0.25) is 9.69 Å². The third-order valence-electron chi connectivity index (χ3n) is 8.27. The molecule has 2 atom stereocenters. The van der Waals surface area contributed by atoms with Crippen LogP contribution in [-0.2, 0) is 26.3 Å². The predicted octanol–water partition coefficient (Wildman–Crippen LogP) is 6.01. The molecule has 1 amide bonds. The van der Waals surface area contributed by atoms with E-state index in [0.717, 1.165) is 6.07 Å². The van der Waals surface area contributed by atoms with Crippen molar-refractivity contribution in [1.29, 1.82) is 5.26 Å². The molecule has 0 saturated heterocycles. The molecule has 6 rings (SSSR count). The Balaban J connectivity index is 1.41. The number of hydrogen-bond donors (Lipinski definition) is 2. The number of aromatic nitrogens is 4. The number of carbonyl (C=O) groups excluding carboxylic acids is 1. The predicted molar refractivity (Wildman–Crippen MR) is 160 cm³/mol. The van der Waals surface area contributed by atoms with E-state index < -0.39 is 29.9 Å². The molecule has 4 aromatic rings. The van der Waals surface area contributed by atoms with Gasteiger partial charge in [0.25, 0.3) is 5.91 Å². The van der Waals surface area contributed by atoms with Crippen LogP contribution < -0.4 is 15.5 Å². The summed E-state index contributed by atoms with van der Waals surface area (Å²) in [5, 5.41) is 23.9. The molecule has 13 heteroatoms. The molecule has 2 aromatic carbocycles. The quantitative estimate of drug-likeness (QED) is 0.233. The fourth-order valence-electron chi connectivity index (χ4n) is 6.06. The van der Waals surface area contributed by atoms with Crippen molar-refractivity contribution in [2.24, 2.45) is 7.05 Å². The summed E-state index contributed by atoms with van der Waals surface area (Å²) in [4.78, 5) is 19.6. The Kier molecular flexibility index (Phi) is 8.01. The van der Waals surface area contributed by atoms with Crippen LogP contribution >= 0.6 is 0 Å². The molecule has 2 aromatic heterocycles. The van der Waals surface area contributed by atoms with E-state index in [1.54, 1.807) is 41.9 Å². The Morgan fingerprint density at radius 2 is 1.91 bits per heavy atom. The minimum atomic E-state index is -4.70. The van der Waals surface area contributed by atoms with E-state index in [2.05, 4.69) is 31.9 Å². The van der Waals surface area contributed by atoms with Crippen LogP contribution in [0.4, 0.5) is 29.2 Å². The molecular formula is C32H30F4N8O. The number of amides is 1. The number of pyridine rings is 1. The molecule has 45 heavy (non-hydrogen) atoms. The normalized spacial score (nSPS) is 17.9. The van der Waals surface area contributed by atoms with Gasteiger partial charge in [0.15, 0.2) is 5.82 Å². The minimum Gasteiger partial charge on any atom is -0.370 e. The molecule has 2 aliphatic rings. The number of halogens is 4. The van der Waals surface area contributed by atoms with Crippen LogP contribution in [0, 0.1) is 11.3 Å². The second-order valence-electron chi connectivity index (χ2n) is 11.3. The summed E-state index contributed by atoms with van der Waals surface area (Å²) in [6.07, 6.45) is -2.47. The lowest BCUT2D eigenvalue weighted by Crippen LogP contribution is -2.33. The average Bonchev–Trinajstić information content (AvgIpc) is 3.73. The zero-order valence-electron chi connectivity index (χ0n) is 24.6. The highest BCUT2D eigenvalue weighted by molar-refractivity contribution is 6.10. The molecule has 9 nitrogen and oxygen atoms in total. The van der Waals surface area contributed by atoms with E-state index in [1.807, 2.05) is 6.92 Å². The summed E-state index contributed by atoms with van der Waals surface area (Å²) in [7, 11) is 1.77. The van der Waals surface area contributed by atoms with Gasteiger partial charge in [0.1, 0.15) is 24.1 Å². The van der Waals surface area contributed by atoms with E-state index >= 15 is 0 Å². The number of nitriles is 1. The van der Waals surface area contributed by atoms with Crippen molar-refractivity contribution in [1.82, 2.24) is 25.1 Å². The number of alkyl halides is 4. The molecule has 1 aliphatic carbocycles. The summed E-state index contributed by atoms with van der Waals surface area (Å²) < 4.78 is 58.9. The highest BCUT2D eigenvalue weighted by Gasteiger charge is 2.41. The number of nitrogens with one attached hydrogen (secondary N) is 2. The topological polar surface area (TPSA) is 112 Å². The Morgan fingerprint density at radius 1 is 1.09 bits per heavy atom. The van der Waals surface area contributed by atoms with Crippen molar-refractivity contribution >= 4 is 17.5 Å². The standard InChI is InChI=1S/C32H30F4N8O/c1-3-38-28-12-20(21-8-7-18(14-37)9-22(21)30-42-40-17-43(30)2)13-29(41-28)44-16-24-23(31(44)45)10-19(11-25(24)32(34,35)36)15-39-27-6-4-5-26(27)33/h7-13,17,26-27,39H,3-6,15-16H2,1-2H3,(H,38,41)/t26-,27+/m0/s1. The fourth-order valence-corrected chi connectivity index (χ4v) is 6.06. The summed E-state index contributed by atoms with van der Waals surface area (Å²) in [6.45, 7) is 2.07. The first kappa shape index (κ1) is 30.2. The molecule has 3 heterocycles. The molecular weight excluding hydrogens is 588 g/mol. The SMILES string of the molecule is CCNc1cc(-c2ccc(C#N)cc2-c2nncn2C)cc(N2Cc3c(cc(CN[C@@H]4CCC[C@@H]4F)cc3C(F)(F)F)C2=O)n1. The number of nitrogens with zero attached hydrogens (tertiary/aromatic N) is 6. The first-order valence-electron chi connectivity index (χ1n) is 14.6.